The lowest BCUT2D eigenvalue weighted by Gasteiger charge is -2.23. The molecule has 1 fully saturated rings. The second-order valence-electron chi connectivity index (χ2n) is 6.58. The van der Waals surface area contributed by atoms with Gasteiger partial charge < -0.3 is 15.0 Å². The molecule has 6 nitrogen and oxygen atoms in total. The maximum Gasteiger partial charge on any atom is 0.422 e. The summed E-state index contributed by atoms with van der Waals surface area (Å²) in [5, 5.41) is 2.99. The highest BCUT2D eigenvalue weighted by atomic mass is 32.1. The van der Waals surface area contributed by atoms with Gasteiger partial charge in [0.15, 0.2) is 11.7 Å². The van der Waals surface area contributed by atoms with Gasteiger partial charge in [-0.15, -0.1) is 0 Å². The van der Waals surface area contributed by atoms with E-state index in [0.29, 0.717) is 28.3 Å². The molecule has 0 atom stereocenters. The van der Waals surface area contributed by atoms with Crippen LogP contribution in [0.25, 0.3) is 10.2 Å². The van der Waals surface area contributed by atoms with E-state index < -0.39 is 12.8 Å². The van der Waals surface area contributed by atoms with E-state index in [0.717, 1.165) is 37.0 Å². The Balaban J connectivity index is 1.61. The highest BCUT2D eigenvalue weighted by Gasteiger charge is 2.28. The van der Waals surface area contributed by atoms with Gasteiger partial charge in [0.2, 0.25) is 11.8 Å². The van der Waals surface area contributed by atoms with Crippen molar-refractivity contribution in [3.63, 3.8) is 0 Å². The van der Waals surface area contributed by atoms with Gasteiger partial charge in [0, 0.05) is 13.0 Å². The first-order valence-electron chi connectivity index (χ1n) is 8.98. The molecule has 0 bridgehead atoms. The average molecular weight is 415 g/mol. The molecule has 1 saturated heterocycles. The standard InChI is InChI=1S/C18H20F3N3O3S/c19-18(20,21)11-27-12-6-7-13-14(9-12)28-17(22-13)23-15(25)10-24-8-4-2-1-3-5-16(24)26/h6-7,9H,1-5,8,10-11H2,(H,22,23,25). The second-order valence-corrected chi connectivity index (χ2v) is 7.61. The molecule has 0 saturated carbocycles. The predicted octanol–water partition coefficient (Wildman–Crippen LogP) is 3.97. The number of aromatic nitrogens is 1. The number of hydrogen-bond donors (Lipinski definition) is 1. The van der Waals surface area contributed by atoms with Gasteiger partial charge in [-0.3, -0.25) is 9.59 Å². The number of alkyl halides is 3. The normalized spacial score (nSPS) is 16.0. The van der Waals surface area contributed by atoms with Crippen LogP contribution in [0.2, 0.25) is 0 Å². The molecule has 1 aliphatic heterocycles. The maximum atomic E-state index is 12.3. The van der Waals surface area contributed by atoms with Crippen molar-refractivity contribution in [2.45, 2.75) is 38.3 Å². The lowest BCUT2D eigenvalue weighted by molar-refractivity contribution is -0.153. The van der Waals surface area contributed by atoms with Crippen molar-refractivity contribution in [1.29, 1.82) is 0 Å². The lowest BCUT2D eigenvalue weighted by Crippen LogP contribution is -2.39. The summed E-state index contributed by atoms with van der Waals surface area (Å²) in [6.45, 7) is -0.842. The highest BCUT2D eigenvalue weighted by Crippen LogP contribution is 2.30. The second kappa shape index (κ2) is 8.76. The summed E-state index contributed by atoms with van der Waals surface area (Å²) >= 11 is 1.14. The Morgan fingerprint density at radius 2 is 2.04 bits per heavy atom. The molecule has 0 unspecified atom stereocenters. The summed E-state index contributed by atoms with van der Waals surface area (Å²) in [5.41, 5.74) is 0.544. The molecular formula is C18H20F3N3O3S. The summed E-state index contributed by atoms with van der Waals surface area (Å²) in [5.74, 6) is -0.287. The molecule has 28 heavy (non-hydrogen) atoms. The number of nitrogens with one attached hydrogen (secondary N) is 1. The Morgan fingerprint density at radius 1 is 1.25 bits per heavy atom. The number of thiazole rings is 1. The monoisotopic (exact) mass is 415 g/mol. The van der Waals surface area contributed by atoms with Crippen LogP contribution in [0, 0.1) is 0 Å². The molecule has 0 radical (unpaired) electrons. The zero-order valence-corrected chi connectivity index (χ0v) is 15.9. The number of rotatable bonds is 5. The zero-order chi connectivity index (χ0) is 20.1. The van der Waals surface area contributed by atoms with E-state index in [1.54, 1.807) is 4.90 Å². The molecule has 2 heterocycles. The molecule has 152 valence electrons. The third-order valence-electron chi connectivity index (χ3n) is 4.26. The predicted molar refractivity (Wildman–Crippen MR) is 99.5 cm³/mol. The van der Waals surface area contributed by atoms with Gasteiger partial charge in [-0.1, -0.05) is 24.2 Å². The number of likely N-dealkylation sites (tertiary alicyclic amines) is 1. The van der Waals surface area contributed by atoms with Crippen LogP contribution in [-0.2, 0) is 9.59 Å². The minimum Gasteiger partial charge on any atom is -0.484 e. The van der Waals surface area contributed by atoms with E-state index in [-0.39, 0.29) is 24.1 Å². The SMILES string of the molecule is O=C(CN1CCCCCCC1=O)Nc1nc2ccc(OCC(F)(F)F)cc2s1. The number of anilines is 1. The van der Waals surface area contributed by atoms with Crippen molar-refractivity contribution in [1.82, 2.24) is 9.88 Å². The summed E-state index contributed by atoms with van der Waals surface area (Å²) in [6.07, 6.45) is -0.163. The van der Waals surface area contributed by atoms with Gasteiger partial charge in [-0.25, -0.2) is 4.98 Å². The number of carbonyl (C=O) groups excluding carboxylic acids is 2. The minimum atomic E-state index is -4.41. The van der Waals surface area contributed by atoms with E-state index in [1.165, 1.54) is 18.2 Å². The van der Waals surface area contributed by atoms with Crippen molar-refractivity contribution < 1.29 is 27.5 Å². The third kappa shape index (κ3) is 5.82. The number of halogens is 3. The molecule has 1 N–H and O–H groups in total. The van der Waals surface area contributed by atoms with Crippen molar-refractivity contribution in [3.05, 3.63) is 18.2 Å². The Kier molecular flexibility index (Phi) is 6.38. The smallest absolute Gasteiger partial charge is 0.422 e. The van der Waals surface area contributed by atoms with E-state index in [4.69, 9.17) is 4.74 Å². The van der Waals surface area contributed by atoms with Gasteiger partial charge in [0.25, 0.3) is 0 Å². The molecular weight excluding hydrogens is 395 g/mol. The van der Waals surface area contributed by atoms with Gasteiger partial charge in [-0.2, -0.15) is 13.2 Å². The van der Waals surface area contributed by atoms with Crippen LogP contribution >= 0.6 is 11.3 Å². The summed E-state index contributed by atoms with van der Waals surface area (Å²) in [7, 11) is 0. The quantitative estimate of drug-likeness (QED) is 0.802. The number of carbonyl (C=O) groups is 2. The molecule has 2 amide bonds. The fourth-order valence-corrected chi connectivity index (χ4v) is 3.84. The summed E-state index contributed by atoms with van der Waals surface area (Å²) in [4.78, 5) is 30.2. The largest absolute Gasteiger partial charge is 0.484 e. The molecule has 1 aliphatic rings. The van der Waals surface area contributed by atoms with Crippen molar-refractivity contribution in [2.24, 2.45) is 0 Å². The number of nitrogens with zero attached hydrogens (tertiary/aromatic N) is 2. The third-order valence-corrected chi connectivity index (χ3v) is 5.20. The molecule has 2 aromatic rings. The Bertz CT molecular complexity index is 853. The highest BCUT2D eigenvalue weighted by molar-refractivity contribution is 7.22. The first-order chi connectivity index (χ1) is 13.3. The van der Waals surface area contributed by atoms with E-state index >= 15 is 0 Å². The Labute approximate surface area is 163 Å². The fraction of sp³-hybridized carbons (Fsp3) is 0.500. The van der Waals surface area contributed by atoms with Crippen LogP contribution < -0.4 is 10.1 Å². The number of fused-ring (bicyclic) bond motifs is 1. The van der Waals surface area contributed by atoms with Crippen LogP contribution in [0.15, 0.2) is 18.2 Å². The van der Waals surface area contributed by atoms with Crippen molar-refractivity contribution in [2.75, 3.05) is 25.0 Å². The molecule has 0 spiro atoms. The van der Waals surface area contributed by atoms with Crippen LogP contribution in [-0.4, -0.2) is 47.6 Å². The van der Waals surface area contributed by atoms with Gasteiger partial charge in [0.05, 0.1) is 16.8 Å². The minimum absolute atomic E-state index is 0.0226. The van der Waals surface area contributed by atoms with Crippen LogP contribution in [0.4, 0.5) is 18.3 Å². The molecule has 10 heteroatoms. The molecule has 0 aliphatic carbocycles. The average Bonchev–Trinajstić information content (AvgIpc) is 3.00. The lowest BCUT2D eigenvalue weighted by atomic mass is 10.1. The van der Waals surface area contributed by atoms with Gasteiger partial charge >= 0.3 is 6.18 Å². The fourth-order valence-electron chi connectivity index (χ4n) is 2.93. The van der Waals surface area contributed by atoms with Gasteiger partial charge in [0.1, 0.15) is 5.75 Å². The number of ether oxygens (including phenoxy) is 1. The maximum absolute atomic E-state index is 12.3. The molecule has 1 aromatic heterocycles. The first kappa shape index (κ1) is 20.4. The van der Waals surface area contributed by atoms with E-state index in [1.807, 2.05) is 0 Å². The van der Waals surface area contributed by atoms with Crippen LogP contribution in [0.5, 0.6) is 5.75 Å². The molecule has 3 rings (SSSR count). The Hall–Kier alpha value is -2.36. The Morgan fingerprint density at radius 3 is 2.82 bits per heavy atom. The summed E-state index contributed by atoms with van der Waals surface area (Å²) in [6, 6.07) is 4.39. The number of amides is 2. The van der Waals surface area contributed by atoms with E-state index in [9.17, 15) is 22.8 Å². The summed E-state index contributed by atoms with van der Waals surface area (Å²) < 4.78 is 42.1. The molecule has 1 aromatic carbocycles. The number of hydrogen-bond acceptors (Lipinski definition) is 5. The van der Waals surface area contributed by atoms with Crippen molar-refractivity contribution in [3.8, 4) is 5.75 Å². The van der Waals surface area contributed by atoms with Gasteiger partial charge in [-0.05, 0) is 31.0 Å². The van der Waals surface area contributed by atoms with Crippen LogP contribution in [0.3, 0.4) is 0 Å². The zero-order valence-electron chi connectivity index (χ0n) is 15.1. The first-order valence-corrected chi connectivity index (χ1v) is 9.79. The van der Waals surface area contributed by atoms with Crippen LogP contribution in [0.1, 0.15) is 32.1 Å². The van der Waals surface area contributed by atoms with Crippen molar-refractivity contribution >= 4 is 38.5 Å². The van der Waals surface area contributed by atoms with E-state index in [2.05, 4.69) is 10.3 Å². The number of benzene rings is 1. The topological polar surface area (TPSA) is 71.5 Å².